The van der Waals surface area contributed by atoms with E-state index in [2.05, 4.69) is 12.2 Å². The minimum Gasteiger partial charge on any atom is -0.394 e. The highest BCUT2D eigenvalue weighted by molar-refractivity contribution is 4.99. The number of nitrogens with one attached hydrogen (secondary N) is 1. The molecule has 16 heavy (non-hydrogen) atoms. The molecule has 2 rings (SSSR count). The van der Waals surface area contributed by atoms with Crippen LogP contribution in [-0.4, -0.2) is 36.5 Å². The lowest BCUT2D eigenvalue weighted by Crippen LogP contribution is -2.53. The summed E-state index contributed by atoms with van der Waals surface area (Å²) in [4.78, 5) is 0. The summed E-state index contributed by atoms with van der Waals surface area (Å²) in [5.74, 6) is 0.692. The van der Waals surface area contributed by atoms with Gasteiger partial charge in [-0.3, -0.25) is 0 Å². The first kappa shape index (κ1) is 12.3. The molecule has 0 bridgehead atoms. The van der Waals surface area contributed by atoms with Gasteiger partial charge in [0.25, 0.3) is 0 Å². The Bertz CT molecular complexity index is 222. The fourth-order valence-electron chi connectivity index (χ4n) is 2.92. The monoisotopic (exact) mass is 227 g/mol. The van der Waals surface area contributed by atoms with Crippen molar-refractivity contribution in [2.45, 2.75) is 63.1 Å². The first-order chi connectivity index (χ1) is 7.68. The van der Waals surface area contributed by atoms with Crippen LogP contribution in [0.3, 0.4) is 0 Å². The van der Waals surface area contributed by atoms with E-state index in [1.165, 1.54) is 25.7 Å². The average Bonchev–Trinajstić information content (AvgIpc) is 3.14. The minimum absolute atomic E-state index is 0.0371. The molecule has 2 N–H and O–H groups in total. The van der Waals surface area contributed by atoms with Gasteiger partial charge in [-0.2, -0.15) is 0 Å². The second-order valence-electron chi connectivity index (χ2n) is 5.70. The lowest BCUT2D eigenvalue weighted by Gasteiger charge is -2.37. The Balaban J connectivity index is 1.81. The van der Waals surface area contributed by atoms with Crippen molar-refractivity contribution in [3.63, 3.8) is 0 Å². The Morgan fingerprint density at radius 2 is 1.81 bits per heavy atom. The van der Waals surface area contributed by atoms with Crippen molar-refractivity contribution >= 4 is 0 Å². The summed E-state index contributed by atoms with van der Waals surface area (Å²) < 4.78 is 5.38. The molecule has 0 heterocycles. The number of aliphatic hydroxyl groups excluding tert-OH is 1. The van der Waals surface area contributed by atoms with E-state index >= 15 is 0 Å². The van der Waals surface area contributed by atoms with Gasteiger partial charge in [0.1, 0.15) is 0 Å². The van der Waals surface area contributed by atoms with Gasteiger partial charge < -0.3 is 15.2 Å². The highest BCUT2D eigenvalue weighted by Gasteiger charge is 2.42. The smallest absolute Gasteiger partial charge is 0.0613 e. The Morgan fingerprint density at radius 1 is 1.19 bits per heavy atom. The van der Waals surface area contributed by atoms with Gasteiger partial charge in [-0.15, -0.1) is 0 Å². The zero-order valence-electron chi connectivity index (χ0n) is 10.5. The van der Waals surface area contributed by atoms with Gasteiger partial charge in [0.2, 0.25) is 0 Å². The zero-order valence-corrected chi connectivity index (χ0v) is 10.5. The third kappa shape index (κ3) is 2.76. The van der Waals surface area contributed by atoms with Crippen molar-refractivity contribution in [1.82, 2.24) is 5.32 Å². The van der Waals surface area contributed by atoms with Crippen LogP contribution in [-0.2, 0) is 4.74 Å². The van der Waals surface area contributed by atoms with Gasteiger partial charge in [-0.1, -0.05) is 0 Å². The van der Waals surface area contributed by atoms with Crippen molar-refractivity contribution in [3.8, 4) is 0 Å². The quantitative estimate of drug-likeness (QED) is 0.751. The molecular weight excluding hydrogens is 202 g/mol. The number of methoxy groups -OCH3 is 1. The van der Waals surface area contributed by atoms with Crippen LogP contribution in [0.2, 0.25) is 0 Å². The Kier molecular flexibility index (Phi) is 3.88. The van der Waals surface area contributed by atoms with Crippen molar-refractivity contribution in [2.75, 3.05) is 13.7 Å². The van der Waals surface area contributed by atoms with Gasteiger partial charge >= 0.3 is 0 Å². The Morgan fingerprint density at radius 3 is 2.25 bits per heavy atom. The molecule has 0 radical (unpaired) electrons. The van der Waals surface area contributed by atoms with E-state index in [9.17, 15) is 5.11 Å². The largest absolute Gasteiger partial charge is 0.394 e. The number of hydrogen-bond acceptors (Lipinski definition) is 3. The van der Waals surface area contributed by atoms with Crippen LogP contribution in [0.1, 0.15) is 45.4 Å². The van der Waals surface area contributed by atoms with Crippen LogP contribution in [0.5, 0.6) is 0 Å². The third-order valence-corrected chi connectivity index (χ3v) is 4.35. The van der Waals surface area contributed by atoms with Gasteiger partial charge in [0.15, 0.2) is 0 Å². The molecular formula is C13H25NO2. The van der Waals surface area contributed by atoms with E-state index in [4.69, 9.17) is 4.74 Å². The van der Waals surface area contributed by atoms with E-state index in [0.717, 1.165) is 12.8 Å². The fourth-order valence-corrected chi connectivity index (χ4v) is 2.92. The molecule has 2 fully saturated rings. The predicted octanol–water partition coefficient (Wildman–Crippen LogP) is 1.69. The highest BCUT2D eigenvalue weighted by Crippen LogP contribution is 2.40. The lowest BCUT2D eigenvalue weighted by molar-refractivity contribution is 0.0520. The van der Waals surface area contributed by atoms with Crippen LogP contribution in [0.4, 0.5) is 0 Å². The topological polar surface area (TPSA) is 41.5 Å². The number of rotatable bonds is 5. The lowest BCUT2D eigenvalue weighted by atomic mass is 9.88. The molecule has 3 heteroatoms. The Hall–Kier alpha value is -0.120. The summed E-state index contributed by atoms with van der Waals surface area (Å²) in [6.07, 6.45) is 7.68. The molecule has 94 valence electrons. The summed E-state index contributed by atoms with van der Waals surface area (Å²) in [7, 11) is 1.81. The van der Waals surface area contributed by atoms with Gasteiger partial charge in [-0.25, -0.2) is 0 Å². The Labute approximate surface area is 98.6 Å². The summed E-state index contributed by atoms with van der Waals surface area (Å²) >= 11 is 0. The summed E-state index contributed by atoms with van der Waals surface area (Å²) in [6.45, 7) is 2.44. The first-order valence-electron chi connectivity index (χ1n) is 6.59. The van der Waals surface area contributed by atoms with Crippen LogP contribution in [0, 0.1) is 5.92 Å². The maximum Gasteiger partial charge on any atom is 0.0613 e. The fraction of sp³-hybridized carbons (Fsp3) is 1.00. The molecule has 0 aromatic heterocycles. The second kappa shape index (κ2) is 5.03. The summed E-state index contributed by atoms with van der Waals surface area (Å²) in [5, 5.41) is 13.2. The maximum atomic E-state index is 9.54. The number of aliphatic hydroxyl groups is 1. The third-order valence-electron chi connectivity index (χ3n) is 4.35. The highest BCUT2D eigenvalue weighted by atomic mass is 16.5. The molecule has 2 aliphatic carbocycles. The van der Waals surface area contributed by atoms with Crippen LogP contribution >= 0.6 is 0 Å². The molecule has 2 aliphatic rings. The standard InChI is InChI=1S/C13H25NO2/c1-13(9-15,10-3-4-10)14-11-5-7-12(16-2)8-6-11/h10-12,14-15H,3-9H2,1-2H3. The molecule has 0 spiro atoms. The summed E-state index contributed by atoms with van der Waals surface area (Å²) in [6, 6.07) is 0.573. The molecule has 1 atom stereocenters. The molecule has 3 nitrogen and oxygen atoms in total. The zero-order chi connectivity index (χ0) is 11.6. The number of hydrogen-bond donors (Lipinski definition) is 2. The SMILES string of the molecule is COC1CCC(NC(C)(CO)C2CC2)CC1. The molecule has 0 aromatic carbocycles. The normalized spacial score (nSPS) is 34.7. The molecule has 0 aromatic rings. The first-order valence-corrected chi connectivity index (χ1v) is 6.59. The van der Waals surface area contributed by atoms with Crippen molar-refractivity contribution in [3.05, 3.63) is 0 Å². The molecule has 0 aliphatic heterocycles. The van der Waals surface area contributed by atoms with E-state index < -0.39 is 0 Å². The van der Waals surface area contributed by atoms with Crippen LogP contribution in [0.25, 0.3) is 0 Å². The molecule has 2 saturated carbocycles. The number of ether oxygens (including phenoxy) is 1. The van der Waals surface area contributed by atoms with Crippen LogP contribution in [0.15, 0.2) is 0 Å². The second-order valence-corrected chi connectivity index (χ2v) is 5.70. The van der Waals surface area contributed by atoms with E-state index in [1.807, 2.05) is 0 Å². The van der Waals surface area contributed by atoms with Gasteiger partial charge in [0, 0.05) is 18.7 Å². The van der Waals surface area contributed by atoms with Crippen molar-refractivity contribution in [1.29, 1.82) is 0 Å². The minimum atomic E-state index is -0.0371. The maximum absolute atomic E-state index is 9.54. The summed E-state index contributed by atoms with van der Waals surface area (Å²) in [5.41, 5.74) is -0.0371. The van der Waals surface area contributed by atoms with Gasteiger partial charge in [0.05, 0.1) is 12.7 Å². The molecule has 0 amide bonds. The molecule has 1 unspecified atom stereocenters. The van der Waals surface area contributed by atoms with E-state index in [-0.39, 0.29) is 12.1 Å². The van der Waals surface area contributed by atoms with Crippen molar-refractivity contribution in [2.24, 2.45) is 5.92 Å². The van der Waals surface area contributed by atoms with Crippen LogP contribution < -0.4 is 5.32 Å². The molecule has 0 saturated heterocycles. The van der Waals surface area contributed by atoms with Crippen molar-refractivity contribution < 1.29 is 9.84 Å². The van der Waals surface area contributed by atoms with E-state index in [1.54, 1.807) is 7.11 Å². The average molecular weight is 227 g/mol. The van der Waals surface area contributed by atoms with Gasteiger partial charge in [-0.05, 0) is 51.4 Å². The van der Waals surface area contributed by atoms with E-state index in [0.29, 0.717) is 18.1 Å². The predicted molar refractivity (Wildman–Crippen MR) is 64.4 cm³/mol.